The Morgan fingerprint density at radius 1 is 1.30 bits per heavy atom. The number of rotatable bonds is 0. The van der Waals surface area contributed by atoms with E-state index in [1.807, 2.05) is 0 Å². The molecule has 0 amide bonds. The standard InChI is InChI=1S/C5HF4O/c6-2-1-10-5(9)4(8)3(2)7/h5H. The van der Waals surface area contributed by atoms with E-state index in [4.69, 9.17) is 0 Å². The van der Waals surface area contributed by atoms with Crippen molar-refractivity contribution in [3.63, 3.8) is 0 Å². The molecule has 0 spiro atoms. The summed E-state index contributed by atoms with van der Waals surface area (Å²) in [6.45, 7) is 0. The first-order valence-corrected chi connectivity index (χ1v) is 2.26. The first kappa shape index (κ1) is 7.11. The van der Waals surface area contributed by atoms with Crippen molar-refractivity contribution < 1.29 is 22.3 Å². The van der Waals surface area contributed by atoms with Crippen LogP contribution in [0.15, 0.2) is 17.5 Å². The molecule has 1 atom stereocenters. The minimum Gasteiger partial charge on any atom is -0.446 e. The predicted molar refractivity (Wildman–Crippen MR) is 23.1 cm³/mol. The topological polar surface area (TPSA) is 9.23 Å². The molecule has 0 aromatic carbocycles. The van der Waals surface area contributed by atoms with Crippen LogP contribution in [-0.2, 0) is 4.74 Å². The van der Waals surface area contributed by atoms with Crippen LogP contribution in [0, 0.1) is 6.26 Å². The lowest BCUT2D eigenvalue weighted by Crippen LogP contribution is -2.09. The Morgan fingerprint density at radius 2 is 1.90 bits per heavy atom. The fourth-order valence-corrected chi connectivity index (χ4v) is 0.404. The third-order valence-corrected chi connectivity index (χ3v) is 0.854. The first-order chi connectivity index (χ1) is 4.63. The maximum absolute atomic E-state index is 11.9. The van der Waals surface area contributed by atoms with Gasteiger partial charge in [0, 0.05) is 0 Å². The predicted octanol–water partition coefficient (Wildman–Crippen LogP) is 2.08. The van der Waals surface area contributed by atoms with Crippen LogP contribution in [0.4, 0.5) is 17.6 Å². The molecule has 1 aliphatic heterocycles. The van der Waals surface area contributed by atoms with E-state index in [-0.39, 0.29) is 0 Å². The van der Waals surface area contributed by atoms with Crippen LogP contribution in [-0.4, -0.2) is 6.36 Å². The van der Waals surface area contributed by atoms with Crippen LogP contribution in [0.25, 0.3) is 0 Å². The number of allylic oxidation sites excluding steroid dienone is 2. The summed E-state index contributed by atoms with van der Waals surface area (Å²) in [5.41, 5.74) is 0. The molecule has 1 heterocycles. The molecule has 0 saturated heterocycles. The first-order valence-electron chi connectivity index (χ1n) is 2.26. The second-order valence-electron chi connectivity index (χ2n) is 1.51. The fourth-order valence-electron chi connectivity index (χ4n) is 0.404. The summed E-state index contributed by atoms with van der Waals surface area (Å²) >= 11 is 0. The average Bonchev–Trinajstić information content (AvgIpc) is 1.93. The lowest BCUT2D eigenvalue weighted by atomic mass is 10.3. The molecular formula is C5HF4O. The number of hydrogen-bond acceptors (Lipinski definition) is 1. The van der Waals surface area contributed by atoms with Gasteiger partial charge in [-0.05, 0) is 0 Å². The van der Waals surface area contributed by atoms with Gasteiger partial charge in [0.05, 0.1) is 0 Å². The van der Waals surface area contributed by atoms with Crippen molar-refractivity contribution in [1.29, 1.82) is 0 Å². The van der Waals surface area contributed by atoms with Gasteiger partial charge >= 0.3 is 0 Å². The number of alkyl halides is 1. The Labute approximate surface area is 53.6 Å². The Morgan fingerprint density at radius 3 is 2.40 bits per heavy atom. The molecular weight excluding hydrogens is 152 g/mol. The van der Waals surface area contributed by atoms with E-state index in [0.29, 0.717) is 0 Å². The normalized spacial score (nSPS) is 26.0. The van der Waals surface area contributed by atoms with E-state index in [9.17, 15) is 17.6 Å². The zero-order valence-corrected chi connectivity index (χ0v) is 4.50. The summed E-state index contributed by atoms with van der Waals surface area (Å²) in [6.07, 6.45) is -1.36. The third-order valence-electron chi connectivity index (χ3n) is 0.854. The second-order valence-corrected chi connectivity index (χ2v) is 1.51. The molecule has 10 heavy (non-hydrogen) atoms. The minimum atomic E-state index is -2.57. The zero-order chi connectivity index (χ0) is 7.72. The van der Waals surface area contributed by atoms with Crippen molar-refractivity contribution in [2.75, 3.05) is 0 Å². The van der Waals surface area contributed by atoms with Gasteiger partial charge in [-0.1, -0.05) is 0 Å². The third kappa shape index (κ3) is 0.984. The molecule has 1 aliphatic rings. The number of ether oxygens (including phenoxy) is 1. The number of halogens is 4. The molecule has 1 unspecified atom stereocenters. The molecule has 0 aromatic rings. The Bertz CT molecular complexity index is 208. The van der Waals surface area contributed by atoms with Gasteiger partial charge in [0.1, 0.15) is 0 Å². The number of hydrogen-bond donors (Lipinski definition) is 0. The molecule has 0 fully saturated rings. The van der Waals surface area contributed by atoms with Gasteiger partial charge in [-0.25, -0.2) is 8.78 Å². The van der Waals surface area contributed by atoms with Crippen LogP contribution >= 0.6 is 0 Å². The van der Waals surface area contributed by atoms with Gasteiger partial charge in [-0.15, -0.1) is 0 Å². The van der Waals surface area contributed by atoms with Gasteiger partial charge in [0.2, 0.25) is 23.7 Å². The van der Waals surface area contributed by atoms with Crippen molar-refractivity contribution in [3.05, 3.63) is 23.7 Å². The molecule has 55 valence electrons. The SMILES string of the molecule is FC1=[C]OC(F)C(F)=C1F. The lowest BCUT2D eigenvalue weighted by molar-refractivity contribution is 0.0123. The molecule has 0 N–H and O–H groups in total. The zero-order valence-electron chi connectivity index (χ0n) is 4.50. The monoisotopic (exact) mass is 153 g/mol. The van der Waals surface area contributed by atoms with Gasteiger partial charge in [0.25, 0.3) is 6.36 Å². The van der Waals surface area contributed by atoms with E-state index in [0.717, 1.165) is 0 Å². The van der Waals surface area contributed by atoms with Crippen molar-refractivity contribution in [2.45, 2.75) is 6.36 Å². The van der Waals surface area contributed by atoms with Crippen LogP contribution in [0.2, 0.25) is 0 Å². The fraction of sp³-hybridized carbons (Fsp3) is 0.200. The highest BCUT2D eigenvalue weighted by Crippen LogP contribution is 2.27. The van der Waals surface area contributed by atoms with Crippen LogP contribution in [0.5, 0.6) is 0 Å². The highest BCUT2D eigenvalue weighted by atomic mass is 19.2. The smallest absolute Gasteiger partial charge is 0.293 e. The summed E-state index contributed by atoms with van der Waals surface area (Å²) in [6, 6.07) is 0. The van der Waals surface area contributed by atoms with Crippen LogP contribution in [0.1, 0.15) is 0 Å². The summed E-state index contributed by atoms with van der Waals surface area (Å²) in [5.74, 6) is -5.44. The average molecular weight is 153 g/mol. The summed E-state index contributed by atoms with van der Waals surface area (Å²) in [5, 5.41) is 0. The molecule has 5 heteroatoms. The Balaban J connectivity index is 2.94. The highest BCUT2D eigenvalue weighted by Gasteiger charge is 2.27. The van der Waals surface area contributed by atoms with E-state index >= 15 is 0 Å². The van der Waals surface area contributed by atoms with Gasteiger partial charge < -0.3 is 4.74 Å². The maximum atomic E-state index is 11.9. The van der Waals surface area contributed by atoms with E-state index < -0.39 is 23.8 Å². The van der Waals surface area contributed by atoms with Crippen molar-refractivity contribution in [2.24, 2.45) is 0 Å². The van der Waals surface area contributed by atoms with E-state index in [1.54, 1.807) is 0 Å². The molecule has 1 rings (SSSR count). The van der Waals surface area contributed by atoms with E-state index in [2.05, 4.69) is 4.74 Å². The molecule has 0 saturated carbocycles. The molecule has 0 bridgehead atoms. The minimum absolute atomic E-state index is 1.21. The molecule has 0 aromatic heterocycles. The van der Waals surface area contributed by atoms with Crippen LogP contribution in [0.3, 0.4) is 0 Å². The quantitative estimate of drug-likeness (QED) is 0.484. The maximum Gasteiger partial charge on any atom is 0.293 e. The summed E-state index contributed by atoms with van der Waals surface area (Å²) in [4.78, 5) is 0. The Kier molecular flexibility index (Phi) is 1.65. The highest BCUT2D eigenvalue weighted by molar-refractivity contribution is 5.22. The van der Waals surface area contributed by atoms with Crippen molar-refractivity contribution in [1.82, 2.24) is 0 Å². The summed E-state index contributed by atoms with van der Waals surface area (Å²) < 4.78 is 51.1. The largest absolute Gasteiger partial charge is 0.446 e. The van der Waals surface area contributed by atoms with Crippen molar-refractivity contribution >= 4 is 0 Å². The van der Waals surface area contributed by atoms with Gasteiger partial charge in [0.15, 0.2) is 0 Å². The van der Waals surface area contributed by atoms with Crippen LogP contribution < -0.4 is 0 Å². The second kappa shape index (κ2) is 2.32. The Hall–Kier alpha value is -1.00. The molecule has 0 aliphatic carbocycles. The van der Waals surface area contributed by atoms with Gasteiger partial charge in [-0.3, -0.25) is 0 Å². The van der Waals surface area contributed by atoms with E-state index in [1.165, 1.54) is 6.26 Å². The lowest BCUT2D eigenvalue weighted by Gasteiger charge is -2.09. The van der Waals surface area contributed by atoms with Gasteiger partial charge in [-0.2, -0.15) is 8.78 Å². The van der Waals surface area contributed by atoms with Crippen molar-refractivity contribution in [3.8, 4) is 0 Å². The molecule has 1 radical (unpaired) electrons. The summed E-state index contributed by atoms with van der Waals surface area (Å²) in [7, 11) is 0. The molecule has 1 nitrogen and oxygen atoms in total.